The summed E-state index contributed by atoms with van der Waals surface area (Å²) in [7, 11) is 0. The predicted octanol–water partition coefficient (Wildman–Crippen LogP) is 15.0. The van der Waals surface area contributed by atoms with E-state index < -0.39 is 0 Å². The minimum absolute atomic E-state index is 0.621. The summed E-state index contributed by atoms with van der Waals surface area (Å²) in [5.41, 5.74) is 13.5. The highest BCUT2D eigenvalue weighted by molar-refractivity contribution is 5.90. The summed E-state index contributed by atoms with van der Waals surface area (Å²) >= 11 is 0. The molecule has 0 heterocycles. The molecule has 8 aromatic carbocycles. The molecule has 8 rings (SSSR count). The summed E-state index contributed by atoms with van der Waals surface area (Å²) in [4.78, 5) is 4.51. The number of hydrogen-bond donors (Lipinski definition) is 0. The average Bonchev–Trinajstić information content (AvgIpc) is 3.30. The van der Waals surface area contributed by atoms with Crippen LogP contribution in [-0.4, -0.2) is 0 Å². The molecule has 0 bridgehead atoms. The van der Waals surface area contributed by atoms with Crippen LogP contribution in [0.2, 0.25) is 0 Å². The molecule has 8 aromatic rings. The van der Waals surface area contributed by atoms with Gasteiger partial charge in [-0.2, -0.15) is 5.26 Å². The Balaban J connectivity index is 0.904. The van der Waals surface area contributed by atoms with Gasteiger partial charge in [0.15, 0.2) is 0 Å². The van der Waals surface area contributed by atoms with Crippen LogP contribution in [0, 0.1) is 11.3 Å². The molecule has 0 radical (unpaired) electrons. The Bertz CT molecular complexity index is 2580. The molecule has 0 aromatic heterocycles. The van der Waals surface area contributed by atoms with E-state index in [1.807, 2.05) is 42.5 Å². The summed E-state index contributed by atoms with van der Waals surface area (Å²) in [6, 6.07) is 77.7. The minimum atomic E-state index is 0.621. The minimum Gasteiger partial charge on any atom is -0.311 e. The normalized spacial score (nSPS) is 11.4. The van der Waals surface area contributed by atoms with Gasteiger partial charge in [-0.25, -0.2) is 0 Å². The number of anilines is 6. The van der Waals surface area contributed by atoms with E-state index in [2.05, 4.69) is 222 Å². The molecule has 3 heteroatoms. The van der Waals surface area contributed by atoms with Crippen molar-refractivity contribution >= 4 is 70.1 Å². The molecule has 58 heavy (non-hydrogen) atoms. The van der Waals surface area contributed by atoms with E-state index in [-0.39, 0.29) is 0 Å². The number of rotatable bonds is 12. The highest BCUT2D eigenvalue weighted by Crippen LogP contribution is 2.36. The van der Waals surface area contributed by atoms with Crippen molar-refractivity contribution < 1.29 is 0 Å². The lowest BCUT2D eigenvalue weighted by molar-refractivity contribution is 1.28. The summed E-state index contributed by atoms with van der Waals surface area (Å²) < 4.78 is 0. The van der Waals surface area contributed by atoms with Crippen molar-refractivity contribution in [3.8, 4) is 6.07 Å². The first-order valence-electron chi connectivity index (χ1n) is 19.4. The van der Waals surface area contributed by atoms with Crippen molar-refractivity contribution in [2.24, 2.45) is 0 Å². The van der Waals surface area contributed by atoms with Crippen LogP contribution < -0.4 is 9.80 Å². The lowest BCUT2D eigenvalue weighted by atomic mass is 10.0. The van der Waals surface area contributed by atoms with Crippen LogP contribution in [0.25, 0.3) is 36.0 Å². The summed E-state index contributed by atoms with van der Waals surface area (Å²) in [6.07, 6.45) is 10.4. The molecular formula is C55H41N3. The van der Waals surface area contributed by atoms with Gasteiger partial charge in [0.25, 0.3) is 0 Å². The fraction of sp³-hybridized carbons (Fsp3) is 0. The van der Waals surface area contributed by atoms with Gasteiger partial charge in [-0.15, -0.1) is 0 Å². The monoisotopic (exact) mass is 743 g/mol. The standard InChI is InChI=1S/C55H41N3/c56-42-49(48-35-29-44(30-36-48)22-24-46-33-39-55(40-34-46)58(52-17-9-3-10-18-52)53-19-11-4-12-20-53)41-47-27-25-43(26-28-47)21-23-45-31-37-54(38-32-45)57(50-13-5-1-6-14-50)51-15-7-2-8-16-51/h1-41H/b23-21+,24-22+,49-41+. The quantitative estimate of drug-likeness (QED) is 0.0922. The van der Waals surface area contributed by atoms with Crippen molar-refractivity contribution in [1.29, 1.82) is 5.26 Å². The van der Waals surface area contributed by atoms with E-state index in [0.717, 1.165) is 67.5 Å². The average molecular weight is 744 g/mol. The first-order chi connectivity index (χ1) is 28.7. The van der Waals surface area contributed by atoms with Crippen LogP contribution in [0.4, 0.5) is 34.1 Å². The van der Waals surface area contributed by atoms with E-state index >= 15 is 0 Å². The maximum Gasteiger partial charge on any atom is 0.0998 e. The Morgan fingerprint density at radius 1 is 0.310 bits per heavy atom. The van der Waals surface area contributed by atoms with Crippen LogP contribution in [0.5, 0.6) is 0 Å². The van der Waals surface area contributed by atoms with Gasteiger partial charge in [0.1, 0.15) is 0 Å². The van der Waals surface area contributed by atoms with Crippen molar-refractivity contribution in [2.45, 2.75) is 0 Å². The molecule has 0 saturated heterocycles. The third kappa shape index (κ3) is 9.12. The molecule has 0 atom stereocenters. The fourth-order valence-electron chi connectivity index (χ4n) is 6.88. The number of benzene rings is 8. The Morgan fingerprint density at radius 2 is 0.569 bits per heavy atom. The Labute approximate surface area is 341 Å². The number of allylic oxidation sites excluding steroid dienone is 1. The van der Waals surface area contributed by atoms with E-state index in [4.69, 9.17) is 0 Å². The second kappa shape index (κ2) is 18.1. The van der Waals surface area contributed by atoms with E-state index in [9.17, 15) is 5.26 Å². The maximum atomic E-state index is 10.1. The van der Waals surface area contributed by atoms with Gasteiger partial charge in [0, 0.05) is 34.1 Å². The third-order valence-corrected chi connectivity index (χ3v) is 9.89. The number of hydrogen-bond acceptors (Lipinski definition) is 3. The second-order valence-electron chi connectivity index (χ2n) is 13.8. The van der Waals surface area contributed by atoms with Crippen molar-refractivity contribution in [1.82, 2.24) is 0 Å². The molecule has 0 aliphatic carbocycles. The highest BCUT2D eigenvalue weighted by Gasteiger charge is 2.13. The predicted molar refractivity (Wildman–Crippen MR) is 246 cm³/mol. The van der Waals surface area contributed by atoms with Gasteiger partial charge in [-0.05, 0) is 112 Å². The van der Waals surface area contributed by atoms with Crippen molar-refractivity contribution in [2.75, 3.05) is 9.80 Å². The molecule has 0 fully saturated rings. The molecule has 276 valence electrons. The van der Waals surface area contributed by atoms with E-state index in [0.29, 0.717) is 5.57 Å². The zero-order valence-electron chi connectivity index (χ0n) is 32.0. The van der Waals surface area contributed by atoms with Gasteiger partial charge < -0.3 is 9.80 Å². The topological polar surface area (TPSA) is 30.3 Å². The van der Waals surface area contributed by atoms with Crippen LogP contribution >= 0.6 is 0 Å². The van der Waals surface area contributed by atoms with E-state index in [1.54, 1.807) is 0 Å². The molecule has 0 saturated carbocycles. The second-order valence-corrected chi connectivity index (χ2v) is 13.8. The number of para-hydroxylation sites is 4. The van der Waals surface area contributed by atoms with Gasteiger partial charge in [-0.1, -0.05) is 170 Å². The third-order valence-electron chi connectivity index (χ3n) is 9.89. The summed E-state index contributed by atoms with van der Waals surface area (Å²) in [6.45, 7) is 0. The van der Waals surface area contributed by atoms with Crippen LogP contribution in [-0.2, 0) is 0 Å². The fourth-order valence-corrected chi connectivity index (χ4v) is 6.88. The molecule has 0 spiro atoms. The molecule has 0 amide bonds. The first kappa shape index (κ1) is 37.0. The Kier molecular flexibility index (Phi) is 11.6. The van der Waals surface area contributed by atoms with Gasteiger partial charge >= 0.3 is 0 Å². The zero-order chi connectivity index (χ0) is 39.4. The zero-order valence-corrected chi connectivity index (χ0v) is 32.0. The lowest BCUT2D eigenvalue weighted by Gasteiger charge is -2.25. The highest BCUT2D eigenvalue weighted by atomic mass is 15.1. The van der Waals surface area contributed by atoms with Crippen molar-refractivity contribution in [3.05, 3.63) is 252 Å². The van der Waals surface area contributed by atoms with Crippen LogP contribution in [0.15, 0.2) is 218 Å². The maximum absolute atomic E-state index is 10.1. The van der Waals surface area contributed by atoms with Gasteiger partial charge in [0.05, 0.1) is 11.6 Å². The van der Waals surface area contributed by atoms with Gasteiger partial charge in [0.2, 0.25) is 0 Å². The number of nitrogens with zero attached hydrogens (tertiary/aromatic N) is 3. The number of nitriles is 1. The molecule has 3 nitrogen and oxygen atoms in total. The molecular weight excluding hydrogens is 703 g/mol. The molecule has 0 aliphatic rings. The van der Waals surface area contributed by atoms with E-state index in [1.165, 1.54) is 0 Å². The summed E-state index contributed by atoms with van der Waals surface area (Å²) in [5.74, 6) is 0. The Morgan fingerprint density at radius 3 is 0.879 bits per heavy atom. The van der Waals surface area contributed by atoms with Crippen LogP contribution in [0.1, 0.15) is 33.4 Å². The van der Waals surface area contributed by atoms with Gasteiger partial charge in [-0.3, -0.25) is 0 Å². The SMILES string of the molecule is N#C/C(=C\c1ccc(/C=C/c2ccc(N(c3ccccc3)c3ccccc3)cc2)cc1)c1ccc(/C=C/c2ccc(N(c3ccccc3)c3ccccc3)cc2)cc1. The summed E-state index contributed by atoms with van der Waals surface area (Å²) in [5, 5.41) is 10.1. The smallest absolute Gasteiger partial charge is 0.0998 e. The molecule has 0 unspecified atom stereocenters. The first-order valence-corrected chi connectivity index (χ1v) is 19.4. The Hall–Kier alpha value is -7.93. The van der Waals surface area contributed by atoms with Crippen LogP contribution in [0.3, 0.4) is 0 Å². The lowest BCUT2D eigenvalue weighted by Crippen LogP contribution is -2.09. The largest absolute Gasteiger partial charge is 0.311 e. The molecule has 0 N–H and O–H groups in total. The molecule has 0 aliphatic heterocycles. The van der Waals surface area contributed by atoms with Crippen molar-refractivity contribution in [3.63, 3.8) is 0 Å².